The van der Waals surface area contributed by atoms with Gasteiger partial charge in [-0.15, -0.1) is 0 Å². The van der Waals surface area contributed by atoms with Gasteiger partial charge in [0.1, 0.15) is 0 Å². The molecule has 3 aromatic rings. The average molecular weight is 380 g/mol. The van der Waals surface area contributed by atoms with Crippen molar-refractivity contribution in [1.29, 1.82) is 0 Å². The van der Waals surface area contributed by atoms with Gasteiger partial charge in [-0.05, 0) is 61.4 Å². The molecular weight excluding hydrogens is 360 g/mol. The van der Waals surface area contributed by atoms with Crippen molar-refractivity contribution in [1.82, 2.24) is 0 Å². The minimum absolute atomic E-state index is 0.0277. The smallest absolute Gasteiger partial charge is 0.261 e. The monoisotopic (exact) mass is 380 g/mol. The molecule has 0 fully saturated rings. The number of anilines is 2. The fourth-order valence-corrected chi connectivity index (χ4v) is 3.69. The van der Waals surface area contributed by atoms with Crippen LogP contribution in [0.3, 0.4) is 0 Å². The van der Waals surface area contributed by atoms with Crippen molar-refractivity contribution >= 4 is 27.3 Å². The molecular formula is C21H20N2O3S. The first-order valence-electron chi connectivity index (χ1n) is 8.42. The molecule has 1 amide bonds. The molecule has 138 valence electrons. The second-order valence-corrected chi connectivity index (χ2v) is 7.95. The van der Waals surface area contributed by atoms with E-state index in [4.69, 9.17) is 0 Å². The first-order valence-corrected chi connectivity index (χ1v) is 9.90. The highest BCUT2D eigenvalue weighted by atomic mass is 32.2. The highest BCUT2D eigenvalue weighted by Crippen LogP contribution is 2.20. The first-order chi connectivity index (χ1) is 12.8. The number of aryl methyl sites for hydroxylation is 2. The molecule has 2 N–H and O–H groups in total. The lowest BCUT2D eigenvalue weighted by atomic mass is 10.1. The Morgan fingerprint density at radius 3 is 2.33 bits per heavy atom. The van der Waals surface area contributed by atoms with Crippen molar-refractivity contribution in [2.24, 2.45) is 0 Å². The number of para-hydroxylation sites is 1. The van der Waals surface area contributed by atoms with Gasteiger partial charge in [0.25, 0.3) is 15.9 Å². The zero-order valence-electron chi connectivity index (χ0n) is 15.1. The molecule has 6 heteroatoms. The van der Waals surface area contributed by atoms with Crippen molar-refractivity contribution in [3.05, 3.63) is 89.5 Å². The van der Waals surface area contributed by atoms with Crippen molar-refractivity contribution in [3.8, 4) is 0 Å². The molecule has 0 spiro atoms. The standard InChI is InChI=1S/C21H20N2O3S/c1-15-11-12-16(2)20(13-15)22-21(24)17-7-6-10-19(14-17)27(25,26)23-18-8-4-3-5-9-18/h3-14,23H,1-2H3,(H,22,24). The molecule has 0 heterocycles. The quantitative estimate of drug-likeness (QED) is 0.691. The maximum absolute atomic E-state index is 12.6. The van der Waals surface area contributed by atoms with Crippen LogP contribution in [0.2, 0.25) is 0 Å². The van der Waals surface area contributed by atoms with Gasteiger partial charge in [0.15, 0.2) is 0 Å². The van der Waals surface area contributed by atoms with Gasteiger partial charge in [-0.2, -0.15) is 0 Å². The minimum Gasteiger partial charge on any atom is -0.322 e. The predicted octanol–water partition coefficient (Wildman–Crippen LogP) is 4.36. The fourth-order valence-electron chi connectivity index (χ4n) is 2.59. The molecule has 0 radical (unpaired) electrons. The summed E-state index contributed by atoms with van der Waals surface area (Å²) in [5.41, 5.74) is 3.40. The number of carbonyl (C=O) groups is 1. The normalized spacial score (nSPS) is 11.0. The van der Waals surface area contributed by atoms with E-state index in [9.17, 15) is 13.2 Å². The number of carbonyl (C=O) groups excluding carboxylic acids is 1. The van der Waals surface area contributed by atoms with Crippen molar-refractivity contribution in [3.63, 3.8) is 0 Å². The third kappa shape index (κ3) is 4.54. The Hall–Kier alpha value is -3.12. The summed E-state index contributed by atoms with van der Waals surface area (Å²) in [5, 5.41) is 2.84. The summed E-state index contributed by atoms with van der Waals surface area (Å²) in [6, 6.07) is 20.3. The first kappa shape index (κ1) is 18.7. The van der Waals surface area contributed by atoms with E-state index < -0.39 is 10.0 Å². The van der Waals surface area contributed by atoms with Gasteiger partial charge < -0.3 is 5.32 Å². The molecule has 0 aliphatic rings. The van der Waals surface area contributed by atoms with E-state index >= 15 is 0 Å². The van der Waals surface area contributed by atoms with Crippen molar-refractivity contribution in [2.75, 3.05) is 10.0 Å². The number of rotatable bonds is 5. The average Bonchev–Trinajstić information content (AvgIpc) is 2.65. The second kappa shape index (κ2) is 7.63. The number of benzene rings is 3. The Labute approximate surface area is 159 Å². The summed E-state index contributed by atoms with van der Waals surface area (Å²) < 4.78 is 27.7. The van der Waals surface area contributed by atoms with Gasteiger partial charge in [0.05, 0.1) is 4.90 Å². The SMILES string of the molecule is Cc1ccc(C)c(NC(=O)c2cccc(S(=O)(=O)Nc3ccccc3)c2)c1. The Morgan fingerprint density at radius 1 is 0.852 bits per heavy atom. The summed E-state index contributed by atoms with van der Waals surface area (Å²) in [6.07, 6.45) is 0. The molecule has 0 bridgehead atoms. The van der Waals surface area contributed by atoms with Gasteiger partial charge in [-0.25, -0.2) is 8.42 Å². The van der Waals surface area contributed by atoms with E-state index in [1.165, 1.54) is 12.1 Å². The van der Waals surface area contributed by atoms with E-state index in [1.54, 1.807) is 42.5 Å². The van der Waals surface area contributed by atoms with Gasteiger partial charge >= 0.3 is 0 Å². The predicted molar refractivity (Wildman–Crippen MR) is 108 cm³/mol. The molecule has 5 nitrogen and oxygen atoms in total. The largest absolute Gasteiger partial charge is 0.322 e. The summed E-state index contributed by atoms with van der Waals surface area (Å²) in [4.78, 5) is 12.6. The lowest BCUT2D eigenvalue weighted by Gasteiger charge is -2.11. The van der Waals surface area contributed by atoms with Crippen LogP contribution in [0.1, 0.15) is 21.5 Å². The second-order valence-electron chi connectivity index (χ2n) is 6.27. The van der Waals surface area contributed by atoms with Crippen LogP contribution in [0.25, 0.3) is 0 Å². The number of nitrogens with one attached hydrogen (secondary N) is 2. The highest BCUT2D eigenvalue weighted by Gasteiger charge is 2.17. The summed E-state index contributed by atoms with van der Waals surface area (Å²) >= 11 is 0. The van der Waals surface area contributed by atoms with Crippen LogP contribution in [0.15, 0.2) is 77.7 Å². The molecule has 0 unspecified atom stereocenters. The van der Waals surface area contributed by atoms with Crippen LogP contribution >= 0.6 is 0 Å². The molecule has 3 rings (SSSR count). The minimum atomic E-state index is -3.79. The Kier molecular flexibility index (Phi) is 5.28. The van der Waals surface area contributed by atoms with Crippen molar-refractivity contribution < 1.29 is 13.2 Å². The lowest BCUT2D eigenvalue weighted by Crippen LogP contribution is -2.16. The highest BCUT2D eigenvalue weighted by molar-refractivity contribution is 7.92. The van der Waals surface area contributed by atoms with Crippen LogP contribution in [-0.2, 0) is 10.0 Å². The molecule has 0 aliphatic carbocycles. The Balaban J connectivity index is 1.84. The third-order valence-electron chi connectivity index (χ3n) is 4.07. The van der Waals surface area contributed by atoms with Crippen LogP contribution in [0, 0.1) is 13.8 Å². The van der Waals surface area contributed by atoms with Crippen LogP contribution in [-0.4, -0.2) is 14.3 Å². The lowest BCUT2D eigenvalue weighted by molar-refractivity contribution is 0.102. The van der Waals surface area contributed by atoms with E-state index in [2.05, 4.69) is 10.0 Å². The molecule has 0 aromatic heterocycles. The fraction of sp³-hybridized carbons (Fsp3) is 0.0952. The van der Waals surface area contributed by atoms with Crippen LogP contribution in [0.4, 0.5) is 11.4 Å². The van der Waals surface area contributed by atoms with Gasteiger partial charge in [0.2, 0.25) is 0 Å². The van der Waals surface area contributed by atoms with Crippen LogP contribution in [0.5, 0.6) is 0 Å². The third-order valence-corrected chi connectivity index (χ3v) is 5.45. The molecule has 0 saturated heterocycles. The molecule has 0 saturated carbocycles. The van der Waals surface area contributed by atoms with Crippen LogP contribution < -0.4 is 10.0 Å². The van der Waals surface area contributed by atoms with E-state index in [1.807, 2.05) is 32.0 Å². The topological polar surface area (TPSA) is 75.3 Å². The van der Waals surface area contributed by atoms with Crippen molar-refractivity contribution in [2.45, 2.75) is 18.7 Å². The molecule has 3 aromatic carbocycles. The maximum Gasteiger partial charge on any atom is 0.261 e. The zero-order chi connectivity index (χ0) is 19.4. The van der Waals surface area contributed by atoms with Gasteiger partial charge in [-0.3, -0.25) is 9.52 Å². The Morgan fingerprint density at radius 2 is 1.59 bits per heavy atom. The van der Waals surface area contributed by atoms with E-state index in [-0.39, 0.29) is 16.4 Å². The number of hydrogen-bond acceptors (Lipinski definition) is 3. The van der Waals surface area contributed by atoms with Gasteiger partial charge in [0, 0.05) is 16.9 Å². The summed E-state index contributed by atoms with van der Waals surface area (Å²) in [6.45, 7) is 3.84. The molecule has 0 atom stereocenters. The number of amides is 1. The van der Waals surface area contributed by atoms with E-state index in [0.29, 0.717) is 11.4 Å². The number of sulfonamides is 1. The number of hydrogen-bond donors (Lipinski definition) is 2. The maximum atomic E-state index is 12.6. The zero-order valence-corrected chi connectivity index (χ0v) is 15.9. The summed E-state index contributed by atoms with van der Waals surface area (Å²) in [7, 11) is -3.79. The van der Waals surface area contributed by atoms with Gasteiger partial charge in [-0.1, -0.05) is 36.4 Å². The van der Waals surface area contributed by atoms with E-state index in [0.717, 1.165) is 11.1 Å². The molecule has 0 aliphatic heterocycles. The Bertz CT molecular complexity index is 1080. The molecule has 27 heavy (non-hydrogen) atoms. The summed E-state index contributed by atoms with van der Waals surface area (Å²) in [5.74, 6) is -0.361.